The quantitative estimate of drug-likeness (QED) is 0.263. The van der Waals surface area contributed by atoms with Crippen molar-refractivity contribution in [2.75, 3.05) is 18.0 Å². The standard InChI is InChI=1S/C19H16N8O7/c1-34-12-8-6-11(7-9-12)18(28)24-22-16-15(27(32)33)17(21-10-20-16)23-25-19(29)13-4-2-3-5-14(13)26(30)31/h2-10H,1H3,(H,24,28)(H,25,29)(H2,20,21,22,23). The van der Waals surface area contributed by atoms with Gasteiger partial charge in [-0.05, 0) is 30.3 Å². The van der Waals surface area contributed by atoms with Gasteiger partial charge >= 0.3 is 5.69 Å². The van der Waals surface area contributed by atoms with Crippen molar-refractivity contribution < 1.29 is 24.2 Å². The number of hydrogen-bond acceptors (Lipinski definition) is 11. The third kappa shape index (κ3) is 5.28. The zero-order valence-corrected chi connectivity index (χ0v) is 17.3. The lowest BCUT2D eigenvalue weighted by atomic mass is 10.2. The summed E-state index contributed by atoms with van der Waals surface area (Å²) < 4.78 is 5.01. The number of aromatic nitrogens is 2. The Morgan fingerprint density at radius 1 is 0.853 bits per heavy atom. The van der Waals surface area contributed by atoms with E-state index in [1.807, 2.05) is 0 Å². The molecule has 0 aliphatic rings. The summed E-state index contributed by atoms with van der Waals surface area (Å²) in [7, 11) is 1.47. The molecule has 15 nitrogen and oxygen atoms in total. The number of para-hydroxylation sites is 1. The second-order valence-corrected chi connectivity index (χ2v) is 6.34. The van der Waals surface area contributed by atoms with Gasteiger partial charge in [0.25, 0.3) is 17.5 Å². The highest BCUT2D eigenvalue weighted by atomic mass is 16.6. The number of ether oxygens (including phenoxy) is 1. The summed E-state index contributed by atoms with van der Waals surface area (Å²) in [5.74, 6) is -1.83. The molecule has 3 rings (SSSR count). The number of nitro groups is 2. The van der Waals surface area contributed by atoms with Gasteiger partial charge in [0.15, 0.2) is 0 Å². The van der Waals surface area contributed by atoms with Gasteiger partial charge in [-0.15, -0.1) is 0 Å². The van der Waals surface area contributed by atoms with Crippen LogP contribution in [0.4, 0.5) is 23.0 Å². The van der Waals surface area contributed by atoms with E-state index in [0.717, 1.165) is 12.4 Å². The van der Waals surface area contributed by atoms with Crippen molar-refractivity contribution in [3.05, 3.63) is 86.2 Å². The summed E-state index contributed by atoms with van der Waals surface area (Å²) in [6.07, 6.45) is 0.939. The Morgan fingerprint density at radius 2 is 1.44 bits per heavy atom. The molecule has 174 valence electrons. The maximum atomic E-state index is 12.4. The minimum Gasteiger partial charge on any atom is -0.497 e. The van der Waals surface area contributed by atoms with Crippen molar-refractivity contribution in [2.45, 2.75) is 0 Å². The molecule has 4 N–H and O–H groups in total. The molecule has 0 aliphatic heterocycles. The lowest BCUT2D eigenvalue weighted by molar-refractivity contribution is -0.385. The van der Waals surface area contributed by atoms with Crippen molar-refractivity contribution in [3.8, 4) is 5.75 Å². The molecule has 0 atom stereocenters. The van der Waals surface area contributed by atoms with Crippen LogP contribution in [-0.2, 0) is 0 Å². The topological polar surface area (TPSA) is 204 Å². The number of benzene rings is 2. The van der Waals surface area contributed by atoms with E-state index < -0.39 is 38.9 Å². The van der Waals surface area contributed by atoms with Crippen LogP contribution < -0.4 is 26.4 Å². The minimum atomic E-state index is -0.928. The number of rotatable bonds is 9. The highest BCUT2D eigenvalue weighted by molar-refractivity contribution is 5.99. The molecule has 0 aliphatic carbocycles. The first-order valence-electron chi connectivity index (χ1n) is 9.31. The molecule has 0 spiro atoms. The van der Waals surface area contributed by atoms with Crippen LogP contribution in [0.1, 0.15) is 20.7 Å². The predicted molar refractivity (Wildman–Crippen MR) is 117 cm³/mol. The highest BCUT2D eigenvalue weighted by Crippen LogP contribution is 2.28. The van der Waals surface area contributed by atoms with Crippen LogP contribution in [0.2, 0.25) is 0 Å². The lowest BCUT2D eigenvalue weighted by Gasteiger charge is -2.12. The van der Waals surface area contributed by atoms with Gasteiger partial charge in [-0.1, -0.05) is 12.1 Å². The van der Waals surface area contributed by atoms with Crippen LogP contribution in [-0.4, -0.2) is 38.7 Å². The smallest absolute Gasteiger partial charge is 0.356 e. The molecule has 0 bridgehead atoms. The number of hydrazine groups is 2. The number of nitro benzene ring substituents is 1. The molecule has 0 radical (unpaired) electrons. The second kappa shape index (κ2) is 10.3. The van der Waals surface area contributed by atoms with Crippen molar-refractivity contribution in [3.63, 3.8) is 0 Å². The molecule has 2 amide bonds. The van der Waals surface area contributed by atoms with E-state index in [2.05, 4.69) is 31.7 Å². The van der Waals surface area contributed by atoms with E-state index in [-0.39, 0.29) is 16.9 Å². The van der Waals surface area contributed by atoms with E-state index >= 15 is 0 Å². The van der Waals surface area contributed by atoms with Crippen LogP contribution >= 0.6 is 0 Å². The zero-order chi connectivity index (χ0) is 24.7. The normalized spacial score (nSPS) is 10.0. The number of carbonyl (C=O) groups excluding carboxylic acids is 2. The predicted octanol–water partition coefficient (Wildman–Crippen LogP) is 1.82. The van der Waals surface area contributed by atoms with Crippen LogP contribution in [0.25, 0.3) is 0 Å². The summed E-state index contributed by atoms with van der Waals surface area (Å²) in [5, 5.41) is 22.7. The molecule has 3 aromatic rings. The van der Waals surface area contributed by atoms with Gasteiger partial charge in [-0.3, -0.25) is 51.5 Å². The lowest BCUT2D eigenvalue weighted by Crippen LogP contribution is -2.32. The Balaban J connectivity index is 1.74. The fraction of sp³-hybridized carbons (Fsp3) is 0.0526. The van der Waals surface area contributed by atoms with Gasteiger partial charge < -0.3 is 4.74 Å². The molecular weight excluding hydrogens is 452 g/mol. The van der Waals surface area contributed by atoms with Gasteiger partial charge in [0, 0.05) is 11.6 Å². The Kier molecular flexibility index (Phi) is 7.08. The molecular formula is C19H16N8O7. The number of carbonyl (C=O) groups is 2. The number of nitrogens with one attached hydrogen (secondary N) is 4. The van der Waals surface area contributed by atoms with Crippen LogP contribution in [0.15, 0.2) is 54.9 Å². The third-order valence-electron chi connectivity index (χ3n) is 4.29. The van der Waals surface area contributed by atoms with Crippen molar-refractivity contribution >= 4 is 34.8 Å². The maximum absolute atomic E-state index is 12.4. The molecule has 1 heterocycles. The molecule has 0 unspecified atom stereocenters. The third-order valence-corrected chi connectivity index (χ3v) is 4.29. The molecule has 1 aromatic heterocycles. The van der Waals surface area contributed by atoms with Gasteiger partial charge in [0.1, 0.15) is 17.6 Å². The van der Waals surface area contributed by atoms with Crippen molar-refractivity contribution in [1.82, 2.24) is 20.8 Å². The average Bonchev–Trinajstić information content (AvgIpc) is 2.85. The number of nitrogens with zero attached hydrogens (tertiary/aromatic N) is 4. The van der Waals surface area contributed by atoms with Gasteiger partial charge in [-0.2, -0.15) is 0 Å². The van der Waals surface area contributed by atoms with E-state index in [0.29, 0.717) is 5.75 Å². The monoisotopic (exact) mass is 468 g/mol. The average molecular weight is 468 g/mol. The van der Waals surface area contributed by atoms with E-state index in [9.17, 15) is 29.8 Å². The highest BCUT2D eigenvalue weighted by Gasteiger charge is 2.25. The van der Waals surface area contributed by atoms with E-state index in [1.54, 1.807) is 12.1 Å². The van der Waals surface area contributed by atoms with E-state index in [1.165, 1.54) is 37.4 Å². The largest absolute Gasteiger partial charge is 0.497 e. The summed E-state index contributed by atoms with van der Waals surface area (Å²) >= 11 is 0. The van der Waals surface area contributed by atoms with Crippen LogP contribution in [0.3, 0.4) is 0 Å². The first kappa shape index (κ1) is 23.3. The maximum Gasteiger partial charge on any atom is 0.356 e. The van der Waals surface area contributed by atoms with Gasteiger partial charge in [0.05, 0.1) is 17.0 Å². The van der Waals surface area contributed by atoms with Crippen LogP contribution in [0, 0.1) is 20.2 Å². The first-order valence-corrected chi connectivity index (χ1v) is 9.31. The molecule has 2 aromatic carbocycles. The number of anilines is 2. The van der Waals surface area contributed by atoms with Crippen molar-refractivity contribution in [1.29, 1.82) is 0 Å². The molecule has 15 heteroatoms. The molecule has 0 fully saturated rings. The molecule has 0 saturated heterocycles. The Hall–Kier alpha value is -5.34. The summed E-state index contributed by atoms with van der Waals surface area (Å²) in [6.45, 7) is 0. The number of amides is 2. The zero-order valence-electron chi connectivity index (χ0n) is 17.3. The summed E-state index contributed by atoms with van der Waals surface area (Å²) in [6, 6.07) is 11.2. The van der Waals surface area contributed by atoms with E-state index in [4.69, 9.17) is 4.74 Å². The fourth-order valence-electron chi connectivity index (χ4n) is 2.67. The number of methoxy groups -OCH3 is 1. The van der Waals surface area contributed by atoms with Gasteiger partial charge in [-0.25, -0.2) is 9.97 Å². The Morgan fingerprint density at radius 3 is 2.00 bits per heavy atom. The fourth-order valence-corrected chi connectivity index (χ4v) is 2.67. The summed E-state index contributed by atoms with van der Waals surface area (Å²) in [5.41, 5.74) is 7.78. The van der Waals surface area contributed by atoms with Gasteiger partial charge in [0.2, 0.25) is 11.6 Å². The number of hydrogen-bond donors (Lipinski definition) is 4. The SMILES string of the molecule is COc1ccc(C(=O)NNc2ncnc(NNC(=O)c3ccccc3[N+](=O)[O-])c2[N+](=O)[O-])cc1. The summed E-state index contributed by atoms with van der Waals surface area (Å²) in [4.78, 5) is 53.2. The second-order valence-electron chi connectivity index (χ2n) is 6.34. The minimum absolute atomic E-state index is 0.236. The molecule has 34 heavy (non-hydrogen) atoms. The Bertz CT molecular complexity index is 1250. The van der Waals surface area contributed by atoms with Crippen molar-refractivity contribution in [2.24, 2.45) is 0 Å². The molecule has 0 saturated carbocycles. The Labute approximate surface area is 190 Å². The van der Waals surface area contributed by atoms with Crippen LogP contribution in [0.5, 0.6) is 5.75 Å². The first-order chi connectivity index (χ1) is 16.3.